The van der Waals surface area contributed by atoms with Crippen LogP contribution in [0, 0.1) is 6.92 Å². The molecule has 0 unspecified atom stereocenters. The molecule has 0 saturated carbocycles. The van der Waals surface area contributed by atoms with Gasteiger partial charge < -0.3 is 9.30 Å². The molecule has 4 aromatic rings. The molecule has 0 aliphatic rings. The minimum Gasteiger partial charge on any atom is -0.380 e. The molecule has 0 spiro atoms. The van der Waals surface area contributed by atoms with Crippen LogP contribution in [0.2, 0.25) is 0 Å². The standard InChI is InChI=1S/C20H23N5O3/c1-4-28-11-10-23-18(26)16-17(22(3)20(23)27)21-19-24(14(2)12-25(16)19)13-15-8-6-5-7-9-15/h5-9,12H,4,10-11,13H2,1-3H3. The Morgan fingerprint density at radius 1 is 1.11 bits per heavy atom. The van der Waals surface area contributed by atoms with Crippen molar-refractivity contribution in [1.29, 1.82) is 0 Å². The summed E-state index contributed by atoms with van der Waals surface area (Å²) in [6, 6.07) is 10.1. The van der Waals surface area contributed by atoms with Gasteiger partial charge in [0.05, 0.1) is 19.7 Å². The molecule has 0 N–H and O–H groups in total. The van der Waals surface area contributed by atoms with Gasteiger partial charge in [-0.05, 0) is 19.4 Å². The molecule has 8 nitrogen and oxygen atoms in total. The number of hydrogen-bond acceptors (Lipinski definition) is 4. The number of benzene rings is 1. The molecular weight excluding hydrogens is 358 g/mol. The Balaban J connectivity index is 1.92. The van der Waals surface area contributed by atoms with Gasteiger partial charge in [0.25, 0.3) is 5.56 Å². The van der Waals surface area contributed by atoms with E-state index in [2.05, 4.69) is 17.1 Å². The molecule has 0 bridgehead atoms. The van der Waals surface area contributed by atoms with Gasteiger partial charge in [-0.15, -0.1) is 0 Å². The van der Waals surface area contributed by atoms with Crippen LogP contribution in [0.5, 0.6) is 0 Å². The van der Waals surface area contributed by atoms with Crippen molar-refractivity contribution in [3.63, 3.8) is 0 Å². The highest BCUT2D eigenvalue weighted by Gasteiger charge is 2.20. The lowest BCUT2D eigenvalue weighted by Crippen LogP contribution is -2.40. The summed E-state index contributed by atoms with van der Waals surface area (Å²) in [5, 5.41) is 0. The summed E-state index contributed by atoms with van der Waals surface area (Å²) in [6.07, 6.45) is 1.90. The number of imidazole rings is 2. The van der Waals surface area contributed by atoms with Crippen molar-refractivity contribution in [3.8, 4) is 0 Å². The topological polar surface area (TPSA) is 75.5 Å². The average Bonchev–Trinajstić information content (AvgIpc) is 3.20. The van der Waals surface area contributed by atoms with Crippen LogP contribution in [0.3, 0.4) is 0 Å². The molecule has 0 saturated heterocycles. The Morgan fingerprint density at radius 3 is 2.57 bits per heavy atom. The zero-order valence-electron chi connectivity index (χ0n) is 16.3. The van der Waals surface area contributed by atoms with Gasteiger partial charge in [0.1, 0.15) is 0 Å². The second-order valence-corrected chi connectivity index (χ2v) is 6.79. The molecule has 28 heavy (non-hydrogen) atoms. The van der Waals surface area contributed by atoms with Crippen molar-refractivity contribution >= 4 is 16.9 Å². The van der Waals surface area contributed by atoms with Crippen LogP contribution in [0.15, 0.2) is 46.1 Å². The molecule has 3 heterocycles. The summed E-state index contributed by atoms with van der Waals surface area (Å²) in [5.74, 6) is 0.644. The number of aromatic nitrogens is 5. The highest BCUT2D eigenvalue weighted by Crippen LogP contribution is 2.17. The molecule has 146 valence electrons. The van der Waals surface area contributed by atoms with E-state index in [0.29, 0.717) is 36.7 Å². The minimum absolute atomic E-state index is 0.215. The lowest BCUT2D eigenvalue weighted by atomic mass is 10.2. The van der Waals surface area contributed by atoms with Crippen LogP contribution < -0.4 is 11.2 Å². The SMILES string of the molecule is CCOCCn1c(=O)c2c(nc3n(Cc4ccccc4)c(C)cn23)n(C)c1=O. The van der Waals surface area contributed by atoms with Crippen LogP contribution in [0.4, 0.5) is 0 Å². The van der Waals surface area contributed by atoms with Crippen molar-refractivity contribution in [1.82, 2.24) is 23.1 Å². The highest BCUT2D eigenvalue weighted by molar-refractivity contribution is 5.75. The maximum absolute atomic E-state index is 13.1. The maximum Gasteiger partial charge on any atom is 0.332 e. The first kappa shape index (κ1) is 18.2. The van der Waals surface area contributed by atoms with Gasteiger partial charge in [0, 0.05) is 25.5 Å². The number of aryl methyl sites for hydroxylation is 2. The maximum atomic E-state index is 13.1. The van der Waals surface area contributed by atoms with Crippen LogP contribution >= 0.6 is 0 Å². The Labute approximate surface area is 161 Å². The van der Waals surface area contributed by atoms with E-state index in [-0.39, 0.29) is 17.8 Å². The summed E-state index contributed by atoms with van der Waals surface area (Å²) in [6.45, 7) is 5.57. The molecule has 0 amide bonds. The molecule has 3 aromatic heterocycles. The van der Waals surface area contributed by atoms with E-state index in [1.165, 1.54) is 9.13 Å². The van der Waals surface area contributed by atoms with E-state index < -0.39 is 0 Å². The highest BCUT2D eigenvalue weighted by atomic mass is 16.5. The van der Waals surface area contributed by atoms with Crippen LogP contribution in [-0.4, -0.2) is 36.3 Å². The Bertz CT molecular complexity index is 1260. The third-order valence-corrected chi connectivity index (χ3v) is 4.99. The predicted molar refractivity (Wildman–Crippen MR) is 107 cm³/mol. The molecule has 0 aliphatic heterocycles. The Kier molecular flexibility index (Phi) is 4.64. The van der Waals surface area contributed by atoms with Crippen molar-refractivity contribution in [2.75, 3.05) is 13.2 Å². The number of nitrogens with zero attached hydrogens (tertiary/aromatic N) is 5. The average molecular weight is 381 g/mol. The summed E-state index contributed by atoms with van der Waals surface area (Å²) in [5.41, 5.74) is 2.19. The number of fused-ring (bicyclic) bond motifs is 3. The van der Waals surface area contributed by atoms with E-state index in [1.807, 2.05) is 42.8 Å². The molecule has 8 heteroatoms. The van der Waals surface area contributed by atoms with E-state index >= 15 is 0 Å². The summed E-state index contributed by atoms with van der Waals surface area (Å²) < 4.78 is 11.8. The number of hydrogen-bond donors (Lipinski definition) is 0. The van der Waals surface area contributed by atoms with E-state index in [0.717, 1.165) is 11.3 Å². The fourth-order valence-corrected chi connectivity index (χ4v) is 3.51. The van der Waals surface area contributed by atoms with Gasteiger partial charge in [-0.2, -0.15) is 4.98 Å². The minimum atomic E-state index is -0.385. The van der Waals surface area contributed by atoms with Crippen LogP contribution in [0.1, 0.15) is 18.2 Å². The van der Waals surface area contributed by atoms with Crippen molar-refractivity contribution in [3.05, 3.63) is 68.6 Å². The smallest absolute Gasteiger partial charge is 0.332 e. The zero-order valence-corrected chi connectivity index (χ0v) is 16.3. The van der Waals surface area contributed by atoms with E-state index in [9.17, 15) is 9.59 Å². The van der Waals surface area contributed by atoms with E-state index in [4.69, 9.17) is 4.74 Å². The largest absolute Gasteiger partial charge is 0.380 e. The Hall–Kier alpha value is -3.13. The van der Waals surface area contributed by atoms with Gasteiger partial charge >= 0.3 is 5.69 Å². The lowest BCUT2D eigenvalue weighted by molar-refractivity contribution is 0.137. The van der Waals surface area contributed by atoms with Gasteiger partial charge in [-0.3, -0.25) is 18.3 Å². The van der Waals surface area contributed by atoms with Crippen LogP contribution in [0.25, 0.3) is 16.9 Å². The van der Waals surface area contributed by atoms with Crippen molar-refractivity contribution < 1.29 is 4.74 Å². The number of ether oxygens (including phenoxy) is 1. The van der Waals surface area contributed by atoms with Gasteiger partial charge in [-0.25, -0.2) is 4.79 Å². The molecule has 0 radical (unpaired) electrons. The normalized spacial score (nSPS) is 11.7. The zero-order chi connectivity index (χ0) is 19.8. The molecular formula is C20H23N5O3. The van der Waals surface area contributed by atoms with Crippen molar-refractivity contribution in [2.24, 2.45) is 7.05 Å². The molecule has 0 fully saturated rings. The van der Waals surface area contributed by atoms with E-state index in [1.54, 1.807) is 11.4 Å². The monoisotopic (exact) mass is 381 g/mol. The van der Waals surface area contributed by atoms with Gasteiger partial charge in [0.2, 0.25) is 5.78 Å². The second-order valence-electron chi connectivity index (χ2n) is 6.79. The molecule has 4 rings (SSSR count). The second kappa shape index (κ2) is 7.12. The Morgan fingerprint density at radius 2 is 1.86 bits per heavy atom. The molecule has 1 aromatic carbocycles. The fourth-order valence-electron chi connectivity index (χ4n) is 3.51. The summed E-state index contributed by atoms with van der Waals surface area (Å²) in [4.78, 5) is 30.4. The molecule has 0 atom stereocenters. The quantitative estimate of drug-likeness (QED) is 0.475. The van der Waals surface area contributed by atoms with Crippen LogP contribution in [-0.2, 0) is 24.9 Å². The summed E-state index contributed by atoms with van der Waals surface area (Å²) in [7, 11) is 1.64. The third kappa shape index (κ3) is 2.86. The van der Waals surface area contributed by atoms with Gasteiger partial charge in [-0.1, -0.05) is 30.3 Å². The third-order valence-electron chi connectivity index (χ3n) is 4.99. The summed E-state index contributed by atoms with van der Waals surface area (Å²) >= 11 is 0. The predicted octanol–water partition coefficient (Wildman–Crippen LogP) is 1.54. The van der Waals surface area contributed by atoms with Crippen molar-refractivity contribution in [2.45, 2.75) is 26.9 Å². The first-order valence-electron chi connectivity index (χ1n) is 9.32. The lowest BCUT2D eigenvalue weighted by Gasteiger charge is -2.08. The number of rotatable bonds is 6. The van der Waals surface area contributed by atoms with Gasteiger partial charge in [0.15, 0.2) is 11.2 Å². The molecule has 0 aliphatic carbocycles. The first-order valence-corrected chi connectivity index (χ1v) is 9.32. The fraction of sp³-hybridized carbons (Fsp3) is 0.350. The first-order chi connectivity index (χ1) is 13.5.